The average Bonchev–Trinajstić information content (AvgIpc) is 3.14. The molecule has 0 unspecified atom stereocenters. The van der Waals surface area contributed by atoms with Gasteiger partial charge in [-0.3, -0.25) is 10.1 Å². The lowest BCUT2D eigenvalue weighted by Crippen LogP contribution is -2.39. The van der Waals surface area contributed by atoms with Gasteiger partial charge in [-0.25, -0.2) is 19.2 Å². The molecule has 1 aliphatic rings. The van der Waals surface area contributed by atoms with Crippen LogP contribution in [0.5, 0.6) is 0 Å². The van der Waals surface area contributed by atoms with E-state index >= 15 is 0 Å². The van der Waals surface area contributed by atoms with Gasteiger partial charge in [-0.05, 0) is 51.1 Å². The predicted molar refractivity (Wildman–Crippen MR) is 124 cm³/mol. The fourth-order valence-corrected chi connectivity index (χ4v) is 4.31. The molecule has 0 aliphatic carbocycles. The van der Waals surface area contributed by atoms with Gasteiger partial charge in [-0.2, -0.15) is 0 Å². The monoisotopic (exact) mass is 469 g/mol. The van der Waals surface area contributed by atoms with Crippen LogP contribution >= 0.6 is 11.3 Å². The highest BCUT2D eigenvalue weighted by Gasteiger charge is 2.28. The molecule has 0 radical (unpaired) electrons. The van der Waals surface area contributed by atoms with Gasteiger partial charge in [-0.15, -0.1) is 0 Å². The van der Waals surface area contributed by atoms with Gasteiger partial charge in [0.25, 0.3) is 5.91 Å². The smallest absolute Gasteiger partial charge is 0.410 e. The molecule has 3 aromatic rings. The second kappa shape index (κ2) is 9.14. The summed E-state index contributed by atoms with van der Waals surface area (Å²) in [5.41, 5.74) is 1.07. The Labute approximate surface area is 194 Å². The summed E-state index contributed by atoms with van der Waals surface area (Å²) in [6.45, 7) is 6.38. The highest BCUT2D eigenvalue weighted by Crippen LogP contribution is 2.30. The number of pyridine rings is 1. The summed E-state index contributed by atoms with van der Waals surface area (Å²) in [6.07, 6.45) is 1.77. The van der Waals surface area contributed by atoms with Crippen LogP contribution in [0.3, 0.4) is 0 Å². The van der Waals surface area contributed by atoms with Crippen molar-refractivity contribution in [2.45, 2.75) is 39.3 Å². The number of nitrogens with zero attached hydrogens (tertiary/aromatic N) is 3. The van der Waals surface area contributed by atoms with Gasteiger partial charge in [-0.1, -0.05) is 17.4 Å². The summed E-state index contributed by atoms with van der Waals surface area (Å²) in [4.78, 5) is 36.6. The second-order valence-electron chi connectivity index (χ2n) is 8.53. The first kappa shape index (κ1) is 22.7. The Morgan fingerprint density at radius 1 is 1.21 bits per heavy atom. The van der Waals surface area contributed by atoms with Crippen molar-refractivity contribution in [1.29, 1.82) is 0 Å². The summed E-state index contributed by atoms with van der Waals surface area (Å²) < 4.78 is 19.0. The van der Waals surface area contributed by atoms with Crippen LogP contribution in [0.4, 0.5) is 25.8 Å². The van der Waals surface area contributed by atoms with Gasteiger partial charge >= 0.3 is 6.09 Å². The molecular weight excluding hydrogens is 445 g/mol. The lowest BCUT2D eigenvalue weighted by atomic mass is 10.2. The highest BCUT2D eigenvalue weighted by molar-refractivity contribution is 7.15. The third kappa shape index (κ3) is 5.64. The van der Waals surface area contributed by atoms with Gasteiger partial charge in [0.1, 0.15) is 17.2 Å². The number of halogens is 1. The Bertz CT molecular complexity index is 1190. The van der Waals surface area contributed by atoms with Crippen LogP contribution in [0.1, 0.15) is 41.7 Å². The van der Waals surface area contributed by atoms with Gasteiger partial charge < -0.3 is 15.0 Å². The third-order valence-corrected chi connectivity index (χ3v) is 5.74. The van der Waals surface area contributed by atoms with Crippen LogP contribution in [-0.4, -0.2) is 39.0 Å². The molecular formula is C23H24FN5O3S. The number of hydrogen-bond acceptors (Lipinski definition) is 7. The minimum Gasteiger partial charge on any atom is -0.444 e. The van der Waals surface area contributed by atoms with Gasteiger partial charge in [0.05, 0.1) is 17.8 Å². The molecule has 0 atom stereocenters. The van der Waals surface area contributed by atoms with Crippen LogP contribution in [0.2, 0.25) is 0 Å². The topological polar surface area (TPSA) is 96.5 Å². The average molecular weight is 470 g/mol. The molecule has 2 aromatic heterocycles. The highest BCUT2D eigenvalue weighted by atomic mass is 32.1. The van der Waals surface area contributed by atoms with E-state index in [4.69, 9.17) is 4.74 Å². The van der Waals surface area contributed by atoms with E-state index in [2.05, 4.69) is 20.6 Å². The molecule has 2 N–H and O–H groups in total. The number of hydrogen-bond donors (Lipinski definition) is 2. The Hall–Kier alpha value is -3.53. The number of carbonyl (C=O) groups excluding carboxylic acids is 2. The Kier molecular flexibility index (Phi) is 6.28. The molecule has 8 nitrogen and oxygen atoms in total. The van der Waals surface area contributed by atoms with Crippen LogP contribution < -0.4 is 10.6 Å². The van der Waals surface area contributed by atoms with E-state index in [1.54, 1.807) is 35.4 Å². The van der Waals surface area contributed by atoms with E-state index in [1.807, 2.05) is 20.8 Å². The van der Waals surface area contributed by atoms with E-state index < -0.39 is 17.3 Å². The fourth-order valence-electron chi connectivity index (χ4n) is 3.29. The summed E-state index contributed by atoms with van der Waals surface area (Å²) in [5, 5.41) is 6.24. The lowest BCUT2D eigenvalue weighted by Gasteiger charge is -2.29. The quantitative estimate of drug-likeness (QED) is 0.560. The van der Waals surface area contributed by atoms with Gasteiger partial charge in [0.15, 0.2) is 5.13 Å². The zero-order valence-corrected chi connectivity index (χ0v) is 19.3. The number of benzene rings is 1. The normalized spacial score (nSPS) is 13.3. The SMILES string of the molecule is CC(C)(C)OC(=O)N1CCc2nc(NC(=O)c3cccnc3Nc3cccc(F)c3)sc2C1. The van der Waals surface area contributed by atoms with Crippen molar-refractivity contribution < 1.29 is 18.7 Å². The molecule has 10 heteroatoms. The number of ether oxygens (including phenoxy) is 1. The fraction of sp³-hybridized carbons (Fsp3) is 0.304. The van der Waals surface area contributed by atoms with Crippen molar-refractivity contribution in [1.82, 2.24) is 14.9 Å². The number of carbonyl (C=O) groups is 2. The maximum absolute atomic E-state index is 13.5. The van der Waals surface area contributed by atoms with Crippen molar-refractivity contribution in [2.75, 3.05) is 17.2 Å². The zero-order chi connectivity index (χ0) is 23.6. The molecule has 3 heterocycles. The molecule has 4 rings (SSSR count). The van der Waals surface area contributed by atoms with Gasteiger partial charge in [0, 0.05) is 29.7 Å². The minimum absolute atomic E-state index is 0.297. The first-order valence-corrected chi connectivity index (χ1v) is 11.2. The molecule has 1 aromatic carbocycles. The predicted octanol–water partition coefficient (Wildman–Crippen LogP) is 4.97. The number of nitrogens with one attached hydrogen (secondary N) is 2. The van der Waals surface area contributed by atoms with Crippen molar-refractivity contribution >= 4 is 40.0 Å². The van der Waals surface area contributed by atoms with E-state index in [1.165, 1.54) is 23.5 Å². The van der Waals surface area contributed by atoms with E-state index in [0.29, 0.717) is 41.7 Å². The summed E-state index contributed by atoms with van der Waals surface area (Å²) in [7, 11) is 0. The van der Waals surface area contributed by atoms with Crippen molar-refractivity contribution in [2.24, 2.45) is 0 Å². The largest absolute Gasteiger partial charge is 0.444 e. The first-order valence-electron chi connectivity index (χ1n) is 10.4. The number of thiazole rings is 1. The van der Waals surface area contributed by atoms with E-state index in [-0.39, 0.29) is 6.09 Å². The Balaban J connectivity index is 1.46. The minimum atomic E-state index is -0.564. The van der Waals surface area contributed by atoms with Crippen LogP contribution in [-0.2, 0) is 17.7 Å². The molecule has 0 fully saturated rings. The standard InChI is InChI=1S/C23H24FN5O3S/c1-23(2,3)32-22(31)29-11-9-17-18(13-29)33-21(27-17)28-20(30)16-8-5-10-25-19(16)26-15-7-4-6-14(24)12-15/h4-8,10,12H,9,11,13H2,1-3H3,(H,25,26)(H,27,28,30). The number of anilines is 3. The maximum Gasteiger partial charge on any atom is 0.410 e. The number of rotatable bonds is 4. The van der Waals surface area contributed by atoms with E-state index in [9.17, 15) is 14.0 Å². The first-order chi connectivity index (χ1) is 15.7. The zero-order valence-electron chi connectivity index (χ0n) is 18.5. The third-order valence-electron chi connectivity index (χ3n) is 4.74. The van der Waals surface area contributed by atoms with Crippen molar-refractivity contribution in [3.63, 3.8) is 0 Å². The van der Waals surface area contributed by atoms with Crippen LogP contribution in [0.15, 0.2) is 42.6 Å². The van der Waals surface area contributed by atoms with Gasteiger partial charge in [0.2, 0.25) is 0 Å². The summed E-state index contributed by atoms with van der Waals surface area (Å²) in [5.74, 6) is -0.481. The number of aromatic nitrogens is 2. The molecule has 2 amide bonds. The molecule has 33 heavy (non-hydrogen) atoms. The van der Waals surface area contributed by atoms with Crippen LogP contribution in [0.25, 0.3) is 0 Å². The van der Waals surface area contributed by atoms with Crippen molar-refractivity contribution in [3.05, 3.63) is 64.5 Å². The molecule has 1 aliphatic heterocycles. The lowest BCUT2D eigenvalue weighted by molar-refractivity contribution is 0.0225. The number of fused-ring (bicyclic) bond motifs is 1. The maximum atomic E-state index is 13.5. The molecule has 0 saturated carbocycles. The van der Waals surface area contributed by atoms with Crippen LogP contribution in [0, 0.1) is 5.82 Å². The van der Waals surface area contributed by atoms with Crippen molar-refractivity contribution in [3.8, 4) is 0 Å². The second-order valence-corrected chi connectivity index (χ2v) is 9.61. The van der Waals surface area contributed by atoms with E-state index in [0.717, 1.165) is 10.6 Å². The molecule has 172 valence electrons. The molecule has 0 saturated heterocycles. The molecule has 0 bridgehead atoms. The Morgan fingerprint density at radius 2 is 2.03 bits per heavy atom. The summed E-state index contributed by atoms with van der Waals surface area (Å²) >= 11 is 1.33. The Morgan fingerprint density at radius 3 is 2.79 bits per heavy atom. The summed E-state index contributed by atoms with van der Waals surface area (Å²) in [6, 6.07) is 9.19. The number of amides is 2. The molecule has 0 spiro atoms.